The molecular weight excluding hydrogens is 334 g/mol. The highest BCUT2D eigenvalue weighted by atomic mass is 32.1. The first-order chi connectivity index (χ1) is 12.1. The van der Waals surface area contributed by atoms with E-state index < -0.39 is 5.97 Å². The first kappa shape index (κ1) is 17.7. The number of anilines is 1. The monoisotopic (exact) mass is 357 g/mol. The van der Waals surface area contributed by atoms with E-state index in [0.717, 1.165) is 25.7 Å². The zero-order valence-electron chi connectivity index (χ0n) is 14.6. The fourth-order valence-electron chi connectivity index (χ4n) is 2.96. The molecular formula is C20H23NO3S. The third kappa shape index (κ3) is 4.28. The molecule has 2 aromatic rings. The van der Waals surface area contributed by atoms with Gasteiger partial charge >= 0.3 is 5.97 Å². The second-order valence-corrected chi connectivity index (χ2v) is 7.60. The van der Waals surface area contributed by atoms with Gasteiger partial charge in [0.15, 0.2) is 6.61 Å². The van der Waals surface area contributed by atoms with Gasteiger partial charge in [0.05, 0.1) is 0 Å². The van der Waals surface area contributed by atoms with Crippen molar-refractivity contribution in [3.05, 3.63) is 51.2 Å². The Balaban J connectivity index is 1.49. The molecule has 0 spiro atoms. The number of thiophene rings is 1. The van der Waals surface area contributed by atoms with E-state index in [0.29, 0.717) is 16.5 Å². The lowest BCUT2D eigenvalue weighted by atomic mass is 9.99. The number of ether oxygens (including phenoxy) is 1. The normalized spacial score (nSPS) is 14.0. The van der Waals surface area contributed by atoms with Gasteiger partial charge in [0, 0.05) is 10.6 Å². The van der Waals surface area contributed by atoms with Crippen LogP contribution in [0, 0.1) is 0 Å². The fourth-order valence-corrected chi connectivity index (χ4v) is 4.11. The third-order valence-corrected chi connectivity index (χ3v) is 5.88. The van der Waals surface area contributed by atoms with Crippen molar-refractivity contribution in [2.45, 2.75) is 45.4 Å². The summed E-state index contributed by atoms with van der Waals surface area (Å²) >= 11 is 1.49. The Hall–Kier alpha value is -2.14. The van der Waals surface area contributed by atoms with Gasteiger partial charge in [0.25, 0.3) is 5.91 Å². The lowest BCUT2D eigenvalue weighted by Gasteiger charge is -2.10. The summed E-state index contributed by atoms with van der Waals surface area (Å²) in [6.45, 7) is 4.05. The van der Waals surface area contributed by atoms with Crippen molar-refractivity contribution in [3.8, 4) is 0 Å². The SMILES string of the molecule is CC[C@H](C)c1ccc(NC(=O)COC(=O)c2cc3c(s2)CCC3)cc1. The standard InChI is InChI=1S/C20H23NO3S/c1-3-13(2)14-7-9-16(10-8-14)21-19(22)12-24-20(23)18-11-15-5-4-6-17(15)25-18/h7-11,13H,3-6,12H2,1-2H3,(H,21,22)/t13-/m0/s1. The minimum absolute atomic E-state index is 0.269. The summed E-state index contributed by atoms with van der Waals surface area (Å²) in [6.07, 6.45) is 4.31. The topological polar surface area (TPSA) is 55.4 Å². The molecule has 3 rings (SSSR count). The number of hydrogen-bond donors (Lipinski definition) is 1. The highest BCUT2D eigenvalue weighted by molar-refractivity contribution is 7.14. The number of hydrogen-bond acceptors (Lipinski definition) is 4. The van der Waals surface area contributed by atoms with Crippen LogP contribution in [-0.4, -0.2) is 18.5 Å². The van der Waals surface area contributed by atoms with Crippen LogP contribution in [0.5, 0.6) is 0 Å². The van der Waals surface area contributed by atoms with Gasteiger partial charge < -0.3 is 10.1 Å². The Bertz CT molecular complexity index is 742. The number of aryl methyl sites for hydroxylation is 2. The molecule has 1 N–H and O–H groups in total. The van der Waals surface area contributed by atoms with Crippen LogP contribution in [0.25, 0.3) is 0 Å². The van der Waals surface area contributed by atoms with Crippen molar-refractivity contribution >= 4 is 28.9 Å². The summed E-state index contributed by atoms with van der Waals surface area (Å²) in [6, 6.07) is 9.70. The Morgan fingerprint density at radius 1 is 1.24 bits per heavy atom. The van der Waals surface area contributed by atoms with Gasteiger partial charge in [-0.15, -0.1) is 11.3 Å². The van der Waals surface area contributed by atoms with Gasteiger partial charge in [0.1, 0.15) is 4.88 Å². The van der Waals surface area contributed by atoms with Crippen LogP contribution in [0.3, 0.4) is 0 Å². The largest absolute Gasteiger partial charge is 0.451 e. The smallest absolute Gasteiger partial charge is 0.348 e. The van der Waals surface area contributed by atoms with Crippen molar-refractivity contribution in [1.29, 1.82) is 0 Å². The van der Waals surface area contributed by atoms with Crippen molar-refractivity contribution in [1.82, 2.24) is 0 Å². The van der Waals surface area contributed by atoms with E-state index in [9.17, 15) is 9.59 Å². The summed E-state index contributed by atoms with van der Waals surface area (Å²) in [7, 11) is 0. The molecule has 1 atom stereocenters. The maximum absolute atomic E-state index is 12.1. The second kappa shape index (κ2) is 7.83. The molecule has 132 valence electrons. The van der Waals surface area contributed by atoms with E-state index in [1.165, 1.54) is 27.3 Å². The molecule has 0 saturated carbocycles. The number of nitrogens with one attached hydrogen (secondary N) is 1. The molecule has 0 saturated heterocycles. The first-order valence-corrected chi connectivity index (χ1v) is 9.57. The molecule has 4 nitrogen and oxygen atoms in total. The first-order valence-electron chi connectivity index (χ1n) is 8.75. The van der Waals surface area contributed by atoms with Gasteiger partial charge in [-0.1, -0.05) is 26.0 Å². The second-order valence-electron chi connectivity index (χ2n) is 6.47. The summed E-state index contributed by atoms with van der Waals surface area (Å²) in [5.74, 6) is -0.242. The minimum atomic E-state index is -0.415. The molecule has 1 aromatic heterocycles. The summed E-state index contributed by atoms with van der Waals surface area (Å²) in [5, 5.41) is 2.76. The van der Waals surface area contributed by atoms with Crippen LogP contribution < -0.4 is 5.32 Å². The molecule has 1 aliphatic carbocycles. The highest BCUT2D eigenvalue weighted by Gasteiger charge is 2.20. The molecule has 5 heteroatoms. The number of benzene rings is 1. The Morgan fingerprint density at radius 3 is 2.68 bits per heavy atom. The molecule has 0 unspecified atom stereocenters. The predicted molar refractivity (Wildman–Crippen MR) is 100 cm³/mol. The predicted octanol–water partition coefficient (Wildman–Crippen LogP) is 4.55. The van der Waals surface area contributed by atoms with Crippen LogP contribution in [0.4, 0.5) is 5.69 Å². The molecule has 1 aromatic carbocycles. The van der Waals surface area contributed by atoms with Crippen LogP contribution in [0.15, 0.2) is 30.3 Å². The Morgan fingerprint density at radius 2 is 2.00 bits per heavy atom. The fraction of sp³-hybridized carbons (Fsp3) is 0.400. The summed E-state index contributed by atoms with van der Waals surface area (Å²) in [5.41, 5.74) is 3.21. The van der Waals surface area contributed by atoms with E-state index in [4.69, 9.17) is 4.74 Å². The Labute approximate surface area is 152 Å². The molecule has 0 radical (unpaired) electrons. The number of carbonyl (C=O) groups excluding carboxylic acids is 2. The van der Waals surface area contributed by atoms with E-state index >= 15 is 0 Å². The van der Waals surface area contributed by atoms with Gasteiger partial charge in [-0.25, -0.2) is 4.79 Å². The molecule has 25 heavy (non-hydrogen) atoms. The van der Waals surface area contributed by atoms with E-state index in [1.54, 1.807) is 0 Å². The van der Waals surface area contributed by atoms with Gasteiger partial charge in [-0.3, -0.25) is 4.79 Å². The molecule has 1 aliphatic rings. The van der Waals surface area contributed by atoms with Crippen LogP contribution in [-0.2, 0) is 22.4 Å². The van der Waals surface area contributed by atoms with Crippen molar-refractivity contribution in [2.24, 2.45) is 0 Å². The maximum Gasteiger partial charge on any atom is 0.348 e. The summed E-state index contributed by atoms with van der Waals surface area (Å²) in [4.78, 5) is 25.9. The maximum atomic E-state index is 12.1. The van der Waals surface area contributed by atoms with Crippen molar-refractivity contribution < 1.29 is 14.3 Å². The molecule has 0 aliphatic heterocycles. The number of fused-ring (bicyclic) bond motifs is 1. The number of esters is 1. The quantitative estimate of drug-likeness (QED) is 0.772. The van der Waals surface area contributed by atoms with E-state index in [2.05, 4.69) is 19.2 Å². The number of amides is 1. The zero-order valence-corrected chi connectivity index (χ0v) is 15.4. The third-order valence-electron chi connectivity index (χ3n) is 4.66. The van der Waals surface area contributed by atoms with Crippen LogP contribution >= 0.6 is 11.3 Å². The van der Waals surface area contributed by atoms with Gasteiger partial charge in [0.2, 0.25) is 0 Å². The molecule has 0 fully saturated rings. The van der Waals surface area contributed by atoms with Gasteiger partial charge in [-0.2, -0.15) is 0 Å². The number of carbonyl (C=O) groups is 2. The average Bonchev–Trinajstić information content (AvgIpc) is 3.21. The zero-order chi connectivity index (χ0) is 17.8. The van der Waals surface area contributed by atoms with E-state index in [-0.39, 0.29) is 12.5 Å². The lowest BCUT2D eigenvalue weighted by Crippen LogP contribution is -2.20. The van der Waals surface area contributed by atoms with Crippen molar-refractivity contribution in [3.63, 3.8) is 0 Å². The summed E-state index contributed by atoms with van der Waals surface area (Å²) < 4.78 is 5.14. The van der Waals surface area contributed by atoms with Gasteiger partial charge in [-0.05, 0) is 60.9 Å². The van der Waals surface area contributed by atoms with Crippen LogP contribution in [0.1, 0.15) is 58.3 Å². The number of rotatable bonds is 6. The molecule has 0 bridgehead atoms. The molecule has 1 heterocycles. The lowest BCUT2D eigenvalue weighted by molar-refractivity contribution is -0.119. The van der Waals surface area contributed by atoms with Crippen LogP contribution in [0.2, 0.25) is 0 Å². The van der Waals surface area contributed by atoms with E-state index in [1.807, 2.05) is 30.3 Å². The van der Waals surface area contributed by atoms with Crippen molar-refractivity contribution in [2.75, 3.05) is 11.9 Å². The molecule has 1 amide bonds. The Kier molecular flexibility index (Phi) is 5.53. The average molecular weight is 357 g/mol. The highest BCUT2D eigenvalue weighted by Crippen LogP contribution is 2.30. The minimum Gasteiger partial charge on any atom is -0.451 e.